The number of allylic oxidation sites excluding steroid dienone is 1. The van der Waals surface area contributed by atoms with Crippen molar-refractivity contribution >= 4 is 12.0 Å². The van der Waals surface area contributed by atoms with Crippen LogP contribution in [0, 0.1) is 0 Å². The second-order valence-corrected chi connectivity index (χ2v) is 8.50. The predicted molar refractivity (Wildman–Crippen MR) is 134 cm³/mol. The van der Waals surface area contributed by atoms with Crippen LogP contribution >= 0.6 is 0 Å². The highest BCUT2D eigenvalue weighted by atomic mass is 16.7. The topological polar surface area (TPSA) is 92.7 Å². The molecule has 0 bridgehead atoms. The molecule has 1 aliphatic heterocycles. The highest BCUT2D eigenvalue weighted by molar-refractivity contribution is 5.97. The molecule has 3 atom stereocenters. The molecule has 0 aromatic heterocycles. The summed E-state index contributed by atoms with van der Waals surface area (Å²) in [5.41, 5.74) is 0.866. The van der Waals surface area contributed by atoms with Crippen LogP contribution in [0.4, 0.5) is 0 Å². The number of hydrogen-bond acceptors (Lipinski definition) is 8. The number of fused-ring (bicyclic) bond motifs is 1. The molecule has 0 radical (unpaired) electrons. The fourth-order valence-corrected chi connectivity index (χ4v) is 3.51. The molecule has 1 aromatic carbocycles. The third-order valence-electron chi connectivity index (χ3n) is 5.12. The summed E-state index contributed by atoms with van der Waals surface area (Å²) in [7, 11) is 0. The molecule has 1 heterocycles. The maximum Gasteiger partial charge on any atom is 0.342 e. The number of carbonyl (C=O) groups is 1. The van der Waals surface area contributed by atoms with E-state index < -0.39 is 18.2 Å². The molecule has 8 heteroatoms. The lowest BCUT2D eigenvalue weighted by Gasteiger charge is -2.23. The average Bonchev–Trinajstić information content (AvgIpc) is 2.79. The first-order valence-electron chi connectivity index (χ1n) is 12.3. The minimum atomic E-state index is -0.607. The number of aliphatic hydroxyl groups excluding tert-OH is 1. The molecule has 196 valence electrons. The summed E-state index contributed by atoms with van der Waals surface area (Å²) >= 11 is 0. The minimum Gasteiger partial charge on any atom is -0.467 e. The van der Waals surface area contributed by atoms with Crippen molar-refractivity contribution in [3.05, 3.63) is 41.5 Å². The molecule has 8 nitrogen and oxygen atoms in total. The molecule has 1 unspecified atom stereocenters. The predicted octanol–water partition coefficient (Wildman–Crippen LogP) is 4.89. The molecule has 2 rings (SSSR count). The molecule has 1 aromatic rings. The summed E-state index contributed by atoms with van der Waals surface area (Å²) in [5, 5.41) is 10.4. The number of carbonyl (C=O) groups excluding carboxylic acids is 1. The Balaban J connectivity index is 2.43. The molecule has 0 amide bonds. The van der Waals surface area contributed by atoms with Gasteiger partial charge in [-0.1, -0.05) is 24.3 Å². The van der Waals surface area contributed by atoms with E-state index in [4.69, 9.17) is 28.4 Å². The number of aliphatic hydroxyl groups is 1. The van der Waals surface area contributed by atoms with Gasteiger partial charge in [0.2, 0.25) is 0 Å². The van der Waals surface area contributed by atoms with E-state index in [2.05, 4.69) is 0 Å². The van der Waals surface area contributed by atoms with Gasteiger partial charge in [-0.05, 0) is 59.1 Å². The zero-order chi connectivity index (χ0) is 25.6. The number of rotatable bonds is 10. The Bertz CT molecular complexity index is 833. The van der Waals surface area contributed by atoms with Gasteiger partial charge in [0.1, 0.15) is 23.2 Å². The summed E-state index contributed by atoms with van der Waals surface area (Å²) in [6.45, 7) is 10.5. The highest BCUT2D eigenvalue weighted by Crippen LogP contribution is 2.32. The molecule has 1 N–H and O–H groups in total. The van der Waals surface area contributed by atoms with E-state index in [0.29, 0.717) is 49.5 Å². The normalized spacial score (nSPS) is 23.2. The fraction of sp³-hybridized carbons (Fsp3) is 0.593. The van der Waals surface area contributed by atoms with Crippen molar-refractivity contribution in [2.45, 2.75) is 78.3 Å². The van der Waals surface area contributed by atoms with E-state index in [-0.39, 0.29) is 31.4 Å². The minimum absolute atomic E-state index is 0.0130. The molecule has 0 spiro atoms. The lowest BCUT2D eigenvalue weighted by molar-refractivity contribution is -0.00762. The van der Waals surface area contributed by atoms with Gasteiger partial charge in [0.05, 0.1) is 18.3 Å². The van der Waals surface area contributed by atoms with Crippen LogP contribution in [0.5, 0.6) is 11.5 Å². The second kappa shape index (κ2) is 15.6. The van der Waals surface area contributed by atoms with Crippen LogP contribution < -0.4 is 9.47 Å². The Morgan fingerprint density at radius 2 is 1.80 bits per heavy atom. The quantitative estimate of drug-likeness (QED) is 0.214. The Labute approximate surface area is 208 Å². The molecular formula is C27H40O8. The van der Waals surface area contributed by atoms with Gasteiger partial charge < -0.3 is 33.5 Å². The first kappa shape index (κ1) is 28.8. The molecule has 0 aliphatic carbocycles. The third kappa shape index (κ3) is 10.4. The van der Waals surface area contributed by atoms with Crippen molar-refractivity contribution in [3.63, 3.8) is 0 Å². The Morgan fingerprint density at radius 1 is 1.09 bits per heavy atom. The number of esters is 1. The zero-order valence-corrected chi connectivity index (χ0v) is 21.5. The van der Waals surface area contributed by atoms with Crippen molar-refractivity contribution in [1.82, 2.24) is 0 Å². The summed E-state index contributed by atoms with van der Waals surface area (Å²) in [6, 6.07) is 3.38. The maximum absolute atomic E-state index is 13.4. The van der Waals surface area contributed by atoms with Gasteiger partial charge in [-0.3, -0.25) is 0 Å². The summed E-state index contributed by atoms with van der Waals surface area (Å²) in [5.74, 6) is 0.277. The second-order valence-electron chi connectivity index (χ2n) is 8.50. The van der Waals surface area contributed by atoms with E-state index in [0.717, 1.165) is 0 Å². The van der Waals surface area contributed by atoms with Crippen LogP contribution in [-0.4, -0.2) is 62.3 Å². The van der Waals surface area contributed by atoms with Crippen LogP contribution in [0.2, 0.25) is 0 Å². The van der Waals surface area contributed by atoms with Crippen LogP contribution in [0.25, 0.3) is 6.08 Å². The van der Waals surface area contributed by atoms with Crippen molar-refractivity contribution in [3.8, 4) is 11.5 Å². The maximum atomic E-state index is 13.4. The van der Waals surface area contributed by atoms with Crippen molar-refractivity contribution < 1.29 is 38.3 Å². The number of cyclic esters (lactones) is 1. The van der Waals surface area contributed by atoms with Crippen LogP contribution in [-0.2, 0) is 18.9 Å². The van der Waals surface area contributed by atoms with E-state index in [1.54, 1.807) is 18.2 Å². The SMILES string of the molecule is CCOCOc1cc2c(c(OCOCC)c1)C(=O)O[C@@H](C)CC(OC(C)C)/C=C\[C@@H](O)CC/C=C/2. The van der Waals surface area contributed by atoms with Crippen LogP contribution in [0.15, 0.2) is 30.4 Å². The van der Waals surface area contributed by atoms with E-state index in [1.807, 2.05) is 52.8 Å². The summed E-state index contributed by atoms with van der Waals surface area (Å²) in [4.78, 5) is 13.4. The standard InChI is InChI=1S/C27H40O8/c1-6-30-17-32-24-15-21-10-8-9-11-22(28)12-13-23(34-19(3)4)14-20(5)35-27(29)26(21)25(16-24)33-18-31-7-2/h8,10,12-13,15-16,19-20,22-23,28H,6-7,9,11,14,17-18H2,1-5H3/b10-8+,13-12-/t20-,22-,23?/m0/s1. The average molecular weight is 493 g/mol. The lowest BCUT2D eigenvalue weighted by atomic mass is 10.0. The van der Waals surface area contributed by atoms with Gasteiger partial charge in [0.15, 0.2) is 13.6 Å². The summed E-state index contributed by atoms with van der Waals surface area (Å²) in [6.07, 6.45) is 7.53. The molecule has 1 aliphatic rings. The van der Waals surface area contributed by atoms with Crippen molar-refractivity contribution in [2.24, 2.45) is 0 Å². The van der Waals surface area contributed by atoms with Crippen LogP contribution in [0.3, 0.4) is 0 Å². The first-order valence-corrected chi connectivity index (χ1v) is 12.3. The van der Waals surface area contributed by atoms with Crippen molar-refractivity contribution in [1.29, 1.82) is 0 Å². The van der Waals surface area contributed by atoms with Gasteiger partial charge in [-0.15, -0.1) is 0 Å². The first-order chi connectivity index (χ1) is 16.8. The van der Waals surface area contributed by atoms with E-state index >= 15 is 0 Å². The zero-order valence-electron chi connectivity index (χ0n) is 21.5. The molecule has 0 fully saturated rings. The molecule has 35 heavy (non-hydrogen) atoms. The number of hydrogen-bond donors (Lipinski definition) is 1. The number of ether oxygens (including phenoxy) is 6. The van der Waals surface area contributed by atoms with E-state index in [1.165, 1.54) is 0 Å². The van der Waals surface area contributed by atoms with Gasteiger partial charge >= 0.3 is 5.97 Å². The van der Waals surface area contributed by atoms with Gasteiger partial charge in [0.25, 0.3) is 0 Å². The number of benzene rings is 1. The fourth-order valence-electron chi connectivity index (χ4n) is 3.51. The smallest absolute Gasteiger partial charge is 0.342 e. The Morgan fingerprint density at radius 3 is 2.49 bits per heavy atom. The Kier molecular flexibility index (Phi) is 12.8. The lowest BCUT2D eigenvalue weighted by Crippen LogP contribution is -2.25. The van der Waals surface area contributed by atoms with Gasteiger partial charge in [-0.25, -0.2) is 4.79 Å². The third-order valence-corrected chi connectivity index (χ3v) is 5.12. The largest absolute Gasteiger partial charge is 0.467 e. The molecule has 0 saturated heterocycles. The highest BCUT2D eigenvalue weighted by Gasteiger charge is 2.24. The van der Waals surface area contributed by atoms with Crippen LogP contribution in [0.1, 0.15) is 69.8 Å². The molecule has 0 saturated carbocycles. The molecular weight excluding hydrogens is 452 g/mol. The van der Waals surface area contributed by atoms with Crippen molar-refractivity contribution in [2.75, 3.05) is 26.8 Å². The monoisotopic (exact) mass is 492 g/mol. The van der Waals surface area contributed by atoms with Gasteiger partial charge in [0, 0.05) is 25.7 Å². The van der Waals surface area contributed by atoms with Gasteiger partial charge in [-0.2, -0.15) is 0 Å². The summed E-state index contributed by atoms with van der Waals surface area (Å²) < 4.78 is 33.9. The van der Waals surface area contributed by atoms with E-state index in [9.17, 15) is 9.90 Å². The Hall–Kier alpha value is -2.39.